The predicted molar refractivity (Wildman–Crippen MR) is 64.9 cm³/mol. The summed E-state index contributed by atoms with van der Waals surface area (Å²) >= 11 is 0. The van der Waals surface area contributed by atoms with Crippen molar-refractivity contribution in [1.82, 2.24) is 0 Å². The minimum atomic E-state index is -0.0273. The summed E-state index contributed by atoms with van der Waals surface area (Å²) in [6.45, 7) is 3.65. The fourth-order valence-corrected chi connectivity index (χ4v) is 1.86. The van der Waals surface area contributed by atoms with Crippen LogP contribution in [0.1, 0.15) is 13.3 Å². The number of benzene rings is 1. The second kappa shape index (κ2) is 4.22. The van der Waals surface area contributed by atoms with Crippen LogP contribution in [0.3, 0.4) is 0 Å². The number of rotatable bonds is 3. The van der Waals surface area contributed by atoms with Gasteiger partial charge in [-0.15, -0.1) is 0 Å². The van der Waals surface area contributed by atoms with Gasteiger partial charge in [-0.25, -0.2) is 0 Å². The number of ether oxygens (including phenoxy) is 2. The zero-order chi connectivity index (χ0) is 11.6. The smallest absolute Gasteiger partial charge is 0.121 e. The fourth-order valence-electron chi connectivity index (χ4n) is 1.86. The average molecular weight is 222 g/mol. The molecule has 88 valence electrons. The summed E-state index contributed by atoms with van der Waals surface area (Å²) in [5, 5.41) is 3.43. The molecule has 1 aliphatic rings. The van der Waals surface area contributed by atoms with Crippen molar-refractivity contribution < 1.29 is 9.47 Å². The molecule has 0 saturated carbocycles. The first-order chi connectivity index (χ1) is 7.63. The summed E-state index contributed by atoms with van der Waals surface area (Å²) in [5.41, 5.74) is 7.54. The number of anilines is 2. The van der Waals surface area contributed by atoms with Gasteiger partial charge in [0, 0.05) is 12.7 Å². The van der Waals surface area contributed by atoms with Crippen LogP contribution in [0.2, 0.25) is 0 Å². The molecule has 0 bridgehead atoms. The Bertz CT molecular complexity index is 373. The minimum absolute atomic E-state index is 0.0273. The second-order valence-electron chi connectivity index (χ2n) is 4.44. The van der Waals surface area contributed by atoms with Crippen molar-refractivity contribution in [3.8, 4) is 5.75 Å². The molecule has 0 spiro atoms. The third-order valence-electron chi connectivity index (χ3n) is 2.92. The Morgan fingerprint density at radius 2 is 2.31 bits per heavy atom. The molecule has 3 N–H and O–H groups in total. The summed E-state index contributed by atoms with van der Waals surface area (Å²) < 4.78 is 10.6. The first kappa shape index (κ1) is 11.1. The molecule has 0 aliphatic carbocycles. The van der Waals surface area contributed by atoms with Gasteiger partial charge in [0.05, 0.1) is 30.6 Å². The van der Waals surface area contributed by atoms with Crippen molar-refractivity contribution in [3.05, 3.63) is 18.2 Å². The van der Waals surface area contributed by atoms with E-state index in [1.54, 1.807) is 7.11 Å². The molecule has 4 heteroatoms. The highest BCUT2D eigenvalue weighted by Gasteiger charge is 2.29. The van der Waals surface area contributed by atoms with E-state index in [4.69, 9.17) is 15.2 Å². The van der Waals surface area contributed by atoms with Gasteiger partial charge >= 0.3 is 0 Å². The van der Waals surface area contributed by atoms with Gasteiger partial charge in [-0.1, -0.05) is 0 Å². The first-order valence-electron chi connectivity index (χ1n) is 5.42. The first-order valence-corrected chi connectivity index (χ1v) is 5.42. The third kappa shape index (κ3) is 2.22. The maximum Gasteiger partial charge on any atom is 0.121 e. The molecule has 4 nitrogen and oxygen atoms in total. The Labute approximate surface area is 95.7 Å². The van der Waals surface area contributed by atoms with Gasteiger partial charge in [0.2, 0.25) is 0 Å². The summed E-state index contributed by atoms with van der Waals surface area (Å²) in [7, 11) is 1.65. The van der Waals surface area contributed by atoms with Crippen molar-refractivity contribution in [2.24, 2.45) is 0 Å². The zero-order valence-corrected chi connectivity index (χ0v) is 9.75. The van der Waals surface area contributed by atoms with Crippen molar-refractivity contribution in [1.29, 1.82) is 0 Å². The molecule has 1 fully saturated rings. The standard InChI is InChI=1S/C12H18N2O2/c1-12(5-6-16-8-12)14-11-7-9(15-2)3-4-10(11)13/h3-4,7,14H,5-6,8,13H2,1-2H3. The molecule has 1 heterocycles. The number of methoxy groups -OCH3 is 1. The van der Waals surface area contributed by atoms with E-state index in [9.17, 15) is 0 Å². The van der Waals surface area contributed by atoms with Gasteiger partial charge < -0.3 is 20.5 Å². The molecule has 1 saturated heterocycles. The summed E-state index contributed by atoms with van der Waals surface area (Å²) in [6.07, 6.45) is 0.990. The van der Waals surface area contributed by atoms with Gasteiger partial charge in [-0.2, -0.15) is 0 Å². The molecule has 1 atom stereocenters. The average Bonchev–Trinajstić information content (AvgIpc) is 2.68. The lowest BCUT2D eigenvalue weighted by Crippen LogP contribution is -2.35. The van der Waals surface area contributed by atoms with Crippen molar-refractivity contribution in [3.63, 3.8) is 0 Å². The largest absolute Gasteiger partial charge is 0.497 e. The monoisotopic (exact) mass is 222 g/mol. The minimum Gasteiger partial charge on any atom is -0.497 e. The Morgan fingerprint density at radius 1 is 1.50 bits per heavy atom. The van der Waals surface area contributed by atoms with E-state index in [1.165, 1.54) is 0 Å². The predicted octanol–water partition coefficient (Wildman–Crippen LogP) is 1.87. The van der Waals surface area contributed by atoms with Gasteiger partial charge in [0.1, 0.15) is 5.75 Å². The number of nitrogens with two attached hydrogens (primary N) is 1. The zero-order valence-electron chi connectivity index (χ0n) is 9.75. The van der Waals surface area contributed by atoms with Crippen LogP contribution in [0.4, 0.5) is 11.4 Å². The lowest BCUT2D eigenvalue weighted by molar-refractivity contribution is 0.185. The highest BCUT2D eigenvalue weighted by molar-refractivity contribution is 5.69. The third-order valence-corrected chi connectivity index (χ3v) is 2.92. The summed E-state index contributed by atoms with van der Waals surface area (Å²) in [5.74, 6) is 0.805. The molecule has 1 aliphatic heterocycles. The van der Waals surface area contributed by atoms with Gasteiger partial charge in [-0.05, 0) is 25.5 Å². The van der Waals surface area contributed by atoms with E-state index in [0.29, 0.717) is 6.61 Å². The van der Waals surface area contributed by atoms with Crippen LogP contribution in [0.25, 0.3) is 0 Å². The van der Waals surface area contributed by atoms with E-state index in [1.807, 2.05) is 18.2 Å². The van der Waals surface area contributed by atoms with Crippen LogP contribution >= 0.6 is 0 Å². The Balaban J connectivity index is 2.19. The highest BCUT2D eigenvalue weighted by Crippen LogP contribution is 2.30. The Hall–Kier alpha value is -1.42. The number of hydrogen-bond acceptors (Lipinski definition) is 4. The van der Waals surface area contributed by atoms with Crippen molar-refractivity contribution in [2.75, 3.05) is 31.4 Å². The number of nitrogen functional groups attached to an aromatic ring is 1. The quantitative estimate of drug-likeness (QED) is 0.766. The van der Waals surface area contributed by atoms with Crippen LogP contribution < -0.4 is 15.8 Å². The maximum atomic E-state index is 5.92. The highest BCUT2D eigenvalue weighted by atomic mass is 16.5. The fraction of sp³-hybridized carbons (Fsp3) is 0.500. The number of nitrogens with one attached hydrogen (secondary N) is 1. The molecule has 16 heavy (non-hydrogen) atoms. The second-order valence-corrected chi connectivity index (χ2v) is 4.44. The van der Waals surface area contributed by atoms with Gasteiger partial charge in [0.25, 0.3) is 0 Å². The summed E-state index contributed by atoms with van der Waals surface area (Å²) in [4.78, 5) is 0. The van der Waals surface area contributed by atoms with E-state index in [2.05, 4.69) is 12.2 Å². The maximum absolute atomic E-state index is 5.92. The molecular formula is C12H18N2O2. The lowest BCUT2D eigenvalue weighted by Gasteiger charge is -2.26. The number of hydrogen-bond donors (Lipinski definition) is 2. The Morgan fingerprint density at radius 3 is 2.94 bits per heavy atom. The molecule has 2 rings (SSSR count). The SMILES string of the molecule is COc1ccc(N)c(NC2(C)CCOC2)c1. The van der Waals surface area contributed by atoms with Crippen LogP contribution in [-0.2, 0) is 4.74 Å². The van der Waals surface area contributed by atoms with Gasteiger partial charge in [-0.3, -0.25) is 0 Å². The van der Waals surface area contributed by atoms with Crippen LogP contribution in [-0.4, -0.2) is 25.9 Å². The van der Waals surface area contributed by atoms with E-state index >= 15 is 0 Å². The molecule has 1 aromatic rings. The van der Waals surface area contributed by atoms with Crippen LogP contribution in [0.5, 0.6) is 5.75 Å². The topological polar surface area (TPSA) is 56.5 Å². The molecule has 1 unspecified atom stereocenters. The van der Waals surface area contributed by atoms with Crippen molar-refractivity contribution in [2.45, 2.75) is 18.9 Å². The normalized spacial score (nSPS) is 24.4. The molecular weight excluding hydrogens is 204 g/mol. The van der Waals surface area contributed by atoms with E-state index in [0.717, 1.165) is 30.2 Å². The van der Waals surface area contributed by atoms with Crippen LogP contribution in [0, 0.1) is 0 Å². The molecule has 0 aromatic heterocycles. The lowest BCUT2D eigenvalue weighted by atomic mass is 10.0. The Kier molecular flexibility index (Phi) is 2.92. The van der Waals surface area contributed by atoms with E-state index in [-0.39, 0.29) is 5.54 Å². The van der Waals surface area contributed by atoms with Crippen molar-refractivity contribution >= 4 is 11.4 Å². The van der Waals surface area contributed by atoms with Gasteiger partial charge in [0.15, 0.2) is 0 Å². The summed E-state index contributed by atoms with van der Waals surface area (Å²) in [6, 6.07) is 5.62. The molecule has 0 radical (unpaired) electrons. The molecule has 1 aromatic carbocycles. The molecule has 0 amide bonds. The van der Waals surface area contributed by atoms with E-state index < -0.39 is 0 Å². The van der Waals surface area contributed by atoms with Crippen LogP contribution in [0.15, 0.2) is 18.2 Å².